The van der Waals surface area contributed by atoms with E-state index in [1.165, 1.54) is 12.3 Å². The van der Waals surface area contributed by atoms with Crippen LogP contribution in [0.2, 0.25) is 0 Å². The molecule has 0 aliphatic heterocycles. The molecule has 7 heteroatoms. The molecule has 0 saturated heterocycles. The lowest BCUT2D eigenvalue weighted by Gasteiger charge is -2.14. The molecular weight excluding hydrogens is 264 g/mol. The molecule has 0 fully saturated rings. The molecule has 1 unspecified atom stereocenters. The van der Waals surface area contributed by atoms with Crippen molar-refractivity contribution in [3.05, 3.63) is 48.4 Å². The number of pyridine rings is 2. The van der Waals surface area contributed by atoms with Crippen LogP contribution in [0.25, 0.3) is 0 Å². The minimum absolute atomic E-state index is 0.122. The number of hydrogen-bond donors (Lipinski definition) is 2. The minimum atomic E-state index is -3.74. The fraction of sp³-hybridized carbons (Fsp3) is 0.167. The van der Waals surface area contributed by atoms with Gasteiger partial charge < -0.3 is 5.73 Å². The average Bonchev–Trinajstić information content (AvgIpc) is 2.39. The summed E-state index contributed by atoms with van der Waals surface area (Å²) in [5, 5.41) is -0.157. The Morgan fingerprint density at radius 3 is 2.53 bits per heavy atom. The fourth-order valence-corrected chi connectivity index (χ4v) is 2.93. The quantitative estimate of drug-likeness (QED) is 0.872. The molecule has 2 aromatic rings. The Morgan fingerprint density at radius 2 is 1.89 bits per heavy atom. The van der Waals surface area contributed by atoms with Crippen molar-refractivity contribution >= 4 is 15.7 Å². The van der Waals surface area contributed by atoms with E-state index in [1.807, 2.05) is 0 Å². The van der Waals surface area contributed by atoms with E-state index in [9.17, 15) is 8.42 Å². The van der Waals surface area contributed by atoms with E-state index in [0.717, 1.165) is 5.56 Å². The van der Waals surface area contributed by atoms with E-state index >= 15 is 0 Å². The molecule has 2 heterocycles. The molecule has 0 radical (unpaired) electrons. The molecule has 100 valence electrons. The molecule has 0 aliphatic rings. The van der Waals surface area contributed by atoms with Gasteiger partial charge in [0.15, 0.2) is 5.03 Å². The van der Waals surface area contributed by atoms with Crippen molar-refractivity contribution in [1.82, 2.24) is 14.7 Å². The van der Waals surface area contributed by atoms with Crippen molar-refractivity contribution in [3.8, 4) is 0 Å². The van der Waals surface area contributed by atoms with Crippen molar-refractivity contribution in [2.45, 2.75) is 18.0 Å². The third-order valence-corrected chi connectivity index (χ3v) is 4.11. The van der Waals surface area contributed by atoms with Crippen molar-refractivity contribution in [3.63, 3.8) is 0 Å². The lowest BCUT2D eigenvalue weighted by Crippen LogP contribution is -2.28. The molecule has 0 bridgehead atoms. The number of nitrogens with zero attached hydrogens (tertiary/aromatic N) is 2. The number of nitrogen functional groups attached to an aromatic ring is 1. The molecule has 0 aromatic carbocycles. The maximum Gasteiger partial charge on any atom is 0.260 e. The predicted molar refractivity (Wildman–Crippen MR) is 71.6 cm³/mol. The van der Waals surface area contributed by atoms with E-state index in [4.69, 9.17) is 5.73 Å². The summed E-state index contributed by atoms with van der Waals surface area (Å²) in [5.74, 6) is 0. The first-order valence-electron chi connectivity index (χ1n) is 5.63. The molecule has 2 rings (SSSR count). The summed E-state index contributed by atoms with van der Waals surface area (Å²) >= 11 is 0. The Hall–Kier alpha value is -1.99. The Balaban J connectivity index is 2.26. The number of anilines is 1. The third-order valence-electron chi connectivity index (χ3n) is 2.59. The van der Waals surface area contributed by atoms with Gasteiger partial charge >= 0.3 is 0 Å². The average molecular weight is 278 g/mol. The summed E-state index contributed by atoms with van der Waals surface area (Å²) in [4.78, 5) is 7.70. The highest BCUT2D eigenvalue weighted by Gasteiger charge is 2.21. The fourth-order valence-electron chi connectivity index (χ4n) is 1.64. The first-order chi connectivity index (χ1) is 9.00. The van der Waals surface area contributed by atoms with Crippen molar-refractivity contribution < 1.29 is 8.42 Å². The smallest absolute Gasteiger partial charge is 0.260 e. The first-order valence-corrected chi connectivity index (χ1v) is 7.12. The van der Waals surface area contributed by atoms with Crippen LogP contribution in [-0.4, -0.2) is 18.4 Å². The monoisotopic (exact) mass is 278 g/mol. The van der Waals surface area contributed by atoms with Crippen LogP contribution >= 0.6 is 0 Å². The summed E-state index contributed by atoms with van der Waals surface area (Å²) in [7, 11) is -3.74. The van der Waals surface area contributed by atoms with Crippen molar-refractivity contribution in [1.29, 1.82) is 0 Å². The molecule has 2 aromatic heterocycles. The number of nitrogens with one attached hydrogen (secondary N) is 1. The van der Waals surface area contributed by atoms with E-state index in [2.05, 4.69) is 14.7 Å². The predicted octanol–water partition coefficient (Wildman–Crippen LogP) is 1.10. The molecule has 0 saturated carbocycles. The number of rotatable bonds is 4. The molecule has 6 nitrogen and oxygen atoms in total. The molecule has 0 spiro atoms. The second-order valence-electron chi connectivity index (χ2n) is 4.02. The molecule has 19 heavy (non-hydrogen) atoms. The summed E-state index contributed by atoms with van der Waals surface area (Å²) in [6, 6.07) is 6.18. The van der Waals surface area contributed by atoms with E-state index < -0.39 is 16.1 Å². The van der Waals surface area contributed by atoms with Crippen LogP contribution in [0.3, 0.4) is 0 Å². The van der Waals surface area contributed by atoms with E-state index in [-0.39, 0.29) is 10.7 Å². The second kappa shape index (κ2) is 5.33. The molecular formula is C12H14N4O2S. The van der Waals surface area contributed by atoms with Crippen molar-refractivity contribution in [2.75, 3.05) is 5.73 Å². The van der Waals surface area contributed by atoms with Gasteiger partial charge in [-0.3, -0.25) is 4.98 Å². The van der Waals surface area contributed by atoms with Gasteiger partial charge in [-0.2, -0.15) is 0 Å². The van der Waals surface area contributed by atoms with Gasteiger partial charge in [-0.25, -0.2) is 18.1 Å². The number of aromatic nitrogens is 2. The van der Waals surface area contributed by atoms with Gasteiger partial charge in [0.05, 0.1) is 5.69 Å². The first kappa shape index (κ1) is 13.4. The summed E-state index contributed by atoms with van der Waals surface area (Å²) in [6.45, 7) is 1.74. The van der Waals surface area contributed by atoms with Crippen LogP contribution in [0.1, 0.15) is 18.5 Å². The Kier molecular flexibility index (Phi) is 3.77. The highest BCUT2D eigenvalue weighted by atomic mass is 32.2. The Morgan fingerprint density at radius 1 is 1.21 bits per heavy atom. The van der Waals surface area contributed by atoms with Crippen LogP contribution in [0, 0.1) is 0 Å². The van der Waals surface area contributed by atoms with Gasteiger partial charge in [0, 0.05) is 24.6 Å². The SMILES string of the molecule is CC(NS(=O)(=O)c1ncccc1N)c1ccncc1. The second-order valence-corrected chi connectivity index (χ2v) is 5.65. The zero-order valence-electron chi connectivity index (χ0n) is 10.3. The van der Waals surface area contributed by atoms with E-state index in [1.54, 1.807) is 37.5 Å². The van der Waals surface area contributed by atoms with Crippen molar-refractivity contribution in [2.24, 2.45) is 0 Å². The zero-order chi connectivity index (χ0) is 13.9. The lowest BCUT2D eigenvalue weighted by atomic mass is 10.1. The Bertz CT molecular complexity index is 658. The highest BCUT2D eigenvalue weighted by Crippen LogP contribution is 2.18. The number of sulfonamides is 1. The van der Waals surface area contributed by atoms with E-state index in [0.29, 0.717) is 0 Å². The largest absolute Gasteiger partial charge is 0.396 e. The normalized spacial score (nSPS) is 13.1. The number of nitrogens with two attached hydrogens (primary N) is 1. The molecule has 0 amide bonds. The van der Waals surface area contributed by atoms with Gasteiger partial charge in [-0.1, -0.05) is 0 Å². The highest BCUT2D eigenvalue weighted by molar-refractivity contribution is 7.89. The van der Waals surface area contributed by atoms with Crippen LogP contribution < -0.4 is 10.5 Å². The summed E-state index contributed by atoms with van der Waals surface area (Å²) in [5.41, 5.74) is 6.56. The third kappa shape index (κ3) is 3.07. The van der Waals surface area contributed by atoms with Crippen LogP contribution in [0.15, 0.2) is 47.9 Å². The van der Waals surface area contributed by atoms with Gasteiger partial charge in [-0.05, 0) is 36.8 Å². The minimum Gasteiger partial charge on any atom is -0.396 e. The van der Waals surface area contributed by atoms with Crippen LogP contribution in [0.5, 0.6) is 0 Å². The molecule has 3 N–H and O–H groups in total. The Labute approximate surface area is 111 Å². The molecule has 1 atom stereocenters. The van der Waals surface area contributed by atoms with Crippen LogP contribution in [0.4, 0.5) is 5.69 Å². The number of hydrogen-bond acceptors (Lipinski definition) is 5. The maximum absolute atomic E-state index is 12.2. The van der Waals surface area contributed by atoms with Crippen LogP contribution in [-0.2, 0) is 10.0 Å². The van der Waals surface area contributed by atoms with Gasteiger partial charge in [0.1, 0.15) is 0 Å². The molecule has 0 aliphatic carbocycles. The standard InChI is InChI=1S/C12H14N4O2S/c1-9(10-4-7-14-8-5-10)16-19(17,18)12-11(13)3-2-6-15-12/h2-9,16H,13H2,1H3. The summed E-state index contributed by atoms with van der Waals surface area (Å²) in [6.07, 6.45) is 4.60. The topological polar surface area (TPSA) is 98.0 Å². The maximum atomic E-state index is 12.2. The lowest BCUT2D eigenvalue weighted by molar-refractivity contribution is 0.563. The van der Waals surface area contributed by atoms with Gasteiger partial charge in [0.2, 0.25) is 0 Å². The van der Waals surface area contributed by atoms with Gasteiger partial charge in [-0.15, -0.1) is 0 Å². The summed E-state index contributed by atoms with van der Waals surface area (Å²) < 4.78 is 26.9. The zero-order valence-corrected chi connectivity index (χ0v) is 11.1. The van der Waals surface area contributed by atoms with Gasteiger partial charge in [0.25, 0.3) is 10.0 Å².